The van der Waals surface area contributed by atoms with Crippen molar-refractivity contribution in [2.75, 3.05) is 25.0 Å². The van der Waals surface area contributed by atoms with Crippen LogP contribution in [0.5, 0.6) is 0 Å². The third kappa shape index (κ3) is 7.08. The Morgan fingerprint density at radius 2 is 1.96 bits per heavy atom. The van der Waals surface area contributed by atoms with Crippen molar-refractivity contribution in [1.29, 1.82) is 0 Å². The van der Waals surface area contributed by atoms with Crippen LogP contribution in [-0.4, -0.2) is 48.3 Å². The molecule has 1 heterocycles. The average Bonchev–Trinajstić information content (AvgIpc) is 2.61. The summed E-state index contributed by atoms with van der Waals surface area (Å²) in [6.07, 6.45) is 4.44. The number of anilines is 1. The molecule has 0 atom stereocenters. The normalized spacial score (nSPS) is 15.5. The molecule has 0 unspecified atom stereocenters. The van der Waals surface area contributed by atoms with E-state index in [-0.39, 0.29) is 18.1 Å². The molecule has 1 aromatic rings. The number of nitrogens with zero attached hydrogens (tertiary/aromatic N) is 1. The van der Waals surface area contributed by atoms with Gasteiger partial charge in [0.05, 0.1) is 6.61 Å². The van der Waals surface area contributed by atoms with E-state index in [1.807, 2.05) is 26.8 Å². The Morgan fingerprint density at radius 3 is 2.57 bits per heavy atom. The molecule has 0 saturated carbocycles. The van der Waals surface area contributed by atoms with E-state index >= 15 is 0 Å². The van der Waals surface area contributed by atoms with Gasteiger partial charge in [0.15, 0.2) is 0 Å². The molecule has 2 rings (SSSR count). The molecule has 1 aliphatic rings. The zero-order valence-electron chi connectivity index (χ0n) is 17.0. The maximum absolute atomic E-state index is 12.2. The van der Waals surface area contributed by atoms with Crippen LogP contribution in [0, 0.1) is 0 Å². The van der Waals surface area contributed by atoms with E-state index in [0.717, 1.165) is 24.1 Å². The van der Waals surface area contributed by atoms with Gasteiger partial charge in [0, 0.05) is 35.9 Å². The molecular formula is C21H29ClN2O4. The highest BCUT2D eigenvalue weighted by Gasteiger charge is 2.27. The van der Waals surface area contributed by atoms with E-state index in [4.69, 9.17) is 21.1 Å². The number of esters is 1. The number of carbonyl (C=O) groups excluding carboxylic acids is 2. The van der Waals surface area contributed by atoms with E-state index in [2.05, 4.69) is 5.32 Å². The summed E-state index contributed by atoms with van der Waals surface area (Å²) in [5, 5.41) is 4.09. The molecule has 0 radical (unpaired) electrons. The molecule has 7 heteroatoms. The Labute approximate surface area is 171 Å². The van der Waals surface area contributed by atoms with Gasteiger partial charge in [-0.25, -0.2) is 9.59 Å². The third-order valence-electron chi connectivity index (χ3n) is 4.21. The average molecular weight is 409 g/mol. The van der Waals surface area contributed by atoms with Gasteiger partial charge in [0.1, 0.15) is 5.60 Å². The van der Waals surface area contributed by atoms with Gasteiger partial charge < -0.3 is 19.7 Å². The monoisotopic (exact) mass is 408 g/mol. The number of hydrogen-bond acceptors (Lipinski definition) is 5. The van der Waals surface area contributed by atoms with Crippen LogP contribution in [-0.2, 0) is 14.3 Å². The second-order valence-corrected chi connectivity index (χ2v) is 8.14. The first kappa shape index (κ1) is 22.1. The zero-order valence-corrected chi connectivity index (χ0v) is 17.7. The van der Waals surface area contributed by atoms with Crippen molar-refractivity contribution in [2.24, 2.45) is 0 Å². The van der Waals surface area contributed by atoms with E-state index in [0.29, 0.717) is 24.7 Å². The minimum atomic E-state index is -0.490. The summed E-state index contributed by atoms with van der Waals surface area (Å²) in [6.45, 7) is 8.96. The standard InChI is InChI=1S/C21H29ClN2O4/c1-5-27-19(25)9-6-15-14-16(22)7-8-18(15)23-17-10-12-24(13-11-17)20(26)28-21(2,3)4/h6-9,14,17,23H,5,10-13H2,1-4H3. The maximum Gasteiger partial charge on any atom is 0.410 e. The smallest absolute Gasteiger partial charge is 0.410 e. The van der Waals surface area contributed by atoms with Crippen molar-refractivity contribution in [3.8, 4) is 0 Å². The van der Waals surface area contributed by atoms with Gasteiger partial charge in [-0.05, 0) is 70.4 Å². The van der Waals surface area contributed by atoms with Crippen molar-refractivity contribution in [3.05, 3.63) is 34.9 Å². The first-order valence-electron chi connectivity index (χ1n) is 9.57. The highest BCUT2D eigenvalue weighted by Crippen LogP contribution is 2.25. The minimum absolute atomic E-state index is 0.217. The molecule has 1 aliphatic heterocycles. The Kier molecular flexibility index (Phi) is 7.75. The van der Waals surface area contributed by atoms with Crippen LogP contribution in [0.25, 0.3) is 6.08 Å². The lowest BCUT2D eigenvalue weighted by molar-refractivity contribution is -0.137. The Morgan fingerprint density at radius 1 is 1.29 bits per heavy atom. The number of nitrogens with one attached hydrogen (secondary N) is 1. The van der Waals surface area contributed by atoms with Gasteiger partial charge in [-0.1, -0.05) is 11.6 Å². The highest BCUT2D eigenvalue weighted by molar-refractivity contribution is 6.30. The van der Waals surface area contributed by atoms with Crippen molar-refractivity contribution < 1.29 is 19.1 Å². The molecule has 0 aliphatic carbocycles. The van der Waals surface area contributed by atoms with Gasteiger partial charge in [-0.2, -0.15) is 0 Å². The summed E-state index contributed by atoms with van der Waals surface area (Å²) in [5.74, 6) is -0.390. The topological polar surface area (TPSA) is 67.9 Å². The molecule has 6 nitrogen and oxygen atoms in total. The number of likely N-dealkylation sites (tertiary alicyclic amines) is 1. The van der Waals surface area contributed by atoms with Gasteiger partial charge in [0.25, 0.3) is 0 Å². The molecule has 0 aromatic heterocycles. The molecule has 0 spiro atoms. The number of carbonyl (C=O) groups is 2. The zero-order chi connectivity index (χ0) is 20.7. The summed E-state index contributed by atoms with van der Waals surface area (Å²) in [5.41, 5.74) is 1.21. The SMILES string of the molecule is CCOC(=O)C=Cc1cc(Cl)ccc1NC1CCN(C(=O)OC(C)(C)C)CC1. The van der Waals surface area contributed by atoms with Crippen LogP contribution in [0.4, 0.5) is 10.5 Å². The first-order valence-corrected chi connectivity index (χ1v) is 9.94. The van der Waals surface area contributed by atoms with Gasteiger partial charge >= 0.3 is 12.1 Å². The predicted molar refractivity (Wildman–Crippen MR) is 112 cm³/mol. The van der Waals surface area contributed by atoms with E-state index < -0.39 is 5.60 Å². The summed E-state index contributed by atoms with van der Waals surface area (Å²) in [7, 11) is 0. The van der Waals surface area contributed by atoms with Gasteiger partial charge in [-0.3, -0.25) is 0 Å². The van der Waals surface area contributed by atoms with E-state index in [1.165, 1.54) is 6.08 Å². The van der Waals surface area contributed by atoms with E-state index in [9.17, 15) is 9.59 Å². The highest BCUT2D eigenvalue weighted by atomic mass is 35.5. The quantitative estimate of drug-likeness (QED) is 0.563. The lowest BCUT2D eigenvalue weighted by Gasteiger charge is -2.34. The number of benzene rings is 1. The molecule has 1 N–H and O–H groups in total. The number of amides is 1. The number of piperidine rings is 1. The molecule has 1 aromatic carbocycles. The lowest BCUT2D eigenvalue weighted by atomic mass is 10.0. The fourth-order valence-electron chi connectivity index (χ4n) is 2.90. The number of rotatable bonds is 5. The summed E-state index contributed by atoms with van der Waals surface area (Å²) < 4.78 is 10.4. The molecule has 1 fully saturated rings. The van der Waals surface area contributed by atoms with Crippen LogP contribution in [0.3, 0.4) is 0 Å². The third-order valence-corrected chi connectivity index (χ3v) is 4.44. The molecular weight excluding hydrogens is 380 g/mol. The molecule has 28 heavy (non-hydrogen) atoms. The fourth-order valence-corrected chi connectivity index (χ4v) is 3.08. The Hall–Kier alpha value is -2.21. The lowest BCUT2D eigenvalue weighted by Crippen LogP contribution is -2.44. The van der Waals surface area contributed by atoms with Gasteiger partial charge in [0.2, 0.25) is 0 Å². The van der Waals surface area contributed by atoms with Crippen molar-refractivity contribution in [2.45, 2.75) is 52.2 Å². The Bertz CT molecular complexity index is 720. The fraction of sp³-hybridized carbons (Fsp3) is 0.524. The van der Waals surface area contributed by atoms with Crippen LogP contribution >= 0.6 is 11.6 Å². The molecule has 1 saturated heterocycles. The van der Waals surface area contributed by atoms with Crippen LogP contribution < -0.4 is 5.32 Å². The Balaban J connectivity index is 1.97. The first-order chi connectivity index (χ1) is 13.2. The second kappa shape index (κ2) is 9.82. The summed E-state index contributed by atoms with van der Waals surface area (Å²) in [6, 6.07) is 5.72. The molecule has 154 valence electrons. The maximum atomic E-state index is 12.2. The van der Waals surface area contributed by atoms with Crippen molar-refractivity contribution in [1.82, 2.24) is 4.90 Å². The predicted octanol–water partition coefficient (Wildman–Crippen LogP) is 4.73. The summed E-state index contributed by atoms with van der Waals surface area (Å²) in [4.78, 5) is 25.5. The van der Waals surface area contributed by atoms with E-state index in [1.54, 1.807) is 30.0 Å². The number of ether oxygens (including phenoxy) is 2. The van der Waals surface area contributed by atoms with Crippen molar-refractivity contribution >= 4 is 35.4 Å². The molecule has 1 amide bonds. The van der Waals surface area contributed by atoms with Crippen LogP contribution in [0.1, 0.15) is 46.1 Å². The summed E-state index contributed by atoms with van der Waals surface area (Å²) >= 11 is 6.11. The molecule has 0 bridgehead atoms. The number of halogens is 1. The number of hydrogen-bond donors (Lipinski definition) is 1. The van der Waals surface area contributed by atoms with Gasteiger partial charge in [-0.15, -0.1) is 0 Å². The second-order valence-electron chi connectivity index (χ2n) is 7.70. The van der Waals surface area contributed by atoms with Crippen molar-refractivity contribution in [3.63, 3.8) is 0 Å². The minimum Gasteiger partial charge on any atom is -0.463 e. The van der Waals surface area contributed by atoms with Crippen LogP contribution in [0.15, 0.2) is 24.3 Å². The largest absolute Gasteiger partial charge is 0.463 e. The van der Waals surface area contributed by atoms with Crippen LogP contribution in [0.2, 0.25) is 5.02 Å².